The van der Waals surface area contributed by atoms with Crippen molar-refractivity contribution >= 4 is 5.97 Å². The van der Waals surface area contributed by atoms with E-state index in [9.17, 15) is 9.18 Å². The molecule has 3 aromatic rings. The van der Waals surface area contributed by atoms with Gasteiger partial charge in [-0.3, -0.25) is 9.69 Å². The van der Waals surface area contributed by atoms with Crippen LogP contribution >= 0.6 is 0 Å². The molecule has 1 unspecified atom stereocenters. The zero-order valence-electron chi connectivity index (χ0n) is 16.6. The van der Waals surface area contributed by atoms with Gasteiger partial charge in [0.15, 0.2) is 0 Å². The van der Waals surface area contributed by atoms with Crippen LogP contribution in [-0.2, 0) is 22.5 Å². The number of rotatable bonds is 9. The number of esters is 1. The van der Waals surface area contributed by atoms with E-state index in [0.717, 1.165) is 24.1 Å². The van der Waals surface area contributed by atoms with Crippen molar-refractivity contribution < 1.29 is 13.9 Å². The van der Waals surface area contributed by atoms with Crippen molar-refractivity contribution in [3.05, 3.63) is 107 Å². The van der Waals surface area contributed by atoms with Gasteiger partial charge in [-0.05, 0) is 35.2 Å². The summed E-state index contributed by atoms with van der Waals surface area (Å²) >= 11 is 0. The van der Waals surface area contributed by atoms with Crippen molar-refractivity contribution in [3.8, 4) is 0 Å². The van der Waals surface area contributed by atoms with Gasteiger partial charge in [-0.1, -0.05) is 72.8 Å². The lowest BCUT2D eigenvalue weighted by Crippen LogP contribution is -2.32. The summed E-state index contributed by atoms with van der Waals surface area (Å²) in [6, 6.07) is 26.6. The topological polar surface area (TPSA) is 29.5 Å². The molecular formula is C25H26FNO2. The molecule has 3 rings (SSSR count). The fraction of sp³-hybridized carbons (Fsp3) is 0.240. The molecule has 0 saturated heterocycles. The molecule has 0 heterocycles. The Morgan fingerprint density at radius 1 is 0.897 bits per heavy atom. The Labute approximate surface area is 171 Å². The minimum atomic E-state index is -0.288. The smallest absolute Gasteiger partial charge is 0.307 e. The van der Waals surface area contributed by atoms with E-state index >= 15 is 0 Å². The van der Waals surface area contributed by atoms with Crippen LogP contribution in [0.3, 0.4) is 0 Å². The van der Waals surface area contributed by atoms with Crippen LogP contribution in [-0.4, -0.2) is 24.5 Å². The minimum absolute atomic E-state index is 0.202. The number of carbonyl (C=O) groups is 1. The summed E-state index contributed by atoms with van der Waals surface area (Å²) < 4.78 is 18.4. The van der Waals surface area contributed by atoms with E-state index in [0.29, 0.717) is 6.54 Å². The predicted octanol–water partition coefficient (Wildman–Crippen LogP) is 5.17. The van der Waals surface area contributed by atoms with Crippen LogP contribution < -0.4 is 0 Å². The molecule has 0 fully saturated rings. The van der Waals surface area contributed by atoms with Crippen molar-refractivity contribution in [2.24, 2.45) is 0 Å². The lowest BCUT2D eigenvalue weighted by molar-refractivity contribution is -0.142. The predicted molar refractivity (Wildman–Crippen MR) is 113 cm³/mol. The van der Waals surface area contributed by atoms with Gasteiger partial charge < -0.3 is 4.74 Å². The zero-order chi connectivity index (χ0) is 20.5. The molecule has 4 heteroatoms. The minimum Gasteiger partial charge on any atom is -0.469 e. The standard InChI is InChI=1S/C25H26FNO2/c1-29-25(28)18-24(22-12-14-23(26)15-13-22)27(19-21-10-6-3-7-11-21)17-16-20-8-4-2-5-9-20/h2-15,24H,16-19H2,1H3. The molecule has 0 N–H and O–H groups in total. The van der Waals surface area contributed by atoms with Gasteiger partial charge in [0, 0.05) is 19.1 Å². The normalized spacial score (nSPS) is 12.0. The van der Waals surface area contributed by atoms with Crippen LogP contribution in [0.4, 0.5) is 4.39 Å². The first-order valence-electron chi connectivity index (χ1n) is 9.80. The molecule has 150 valence electrons. The first kappa shape index (κ1) is 20.7. The largest absolute Gasteiger partial charge is 0.469 e. The lowest BCUT2D eigenvalue weighted by atomic mass is 10.00. The second kappa shape index (κ2) is 10.5. The molecule has 0 amide bonds. The van der Waals surface area contributed by atoms with E-state index in [-0.39, 0.29) is 24.2 Å². The first-order chi connectivity index (χ1) is 14.2. The molecule has 0 radical (unpaired) electrons. The van der Waals surface area contributed by atoms with Gasteiger partial charge in [0.1, 0.15) is 5.82 Å². The van der Waals surface area contributed by atoms with Gasteiger partial charge in [0.25, 0.3) is 0 Å². The van der Waals surface area contributed by atoms with Gasteiger partial charge in [-0.2, -0.15) is 0 Å². The summed E-state index contributed by atoms with van der Waals surface area (Å²) in [6.07, 6.45) is 1.07. The van der Waals surface area contributed by atoms with Crippen LogP contribution in [0.25, 0.3) is 0 Å². The van der Waals surface area contributed by atoms with E-state index in [1.165, 1.54) is 24.8 Å². The highest BCUT2D eigenvalue weighted by molar-refractivity contribution is 5.70. The molecule has 29 heavy (non-hydrogen) atoms. The Kier molecular flexibility index (Phi) is 7.54. The molecule has 0 aliphatic rings. The van der Waals surface area contributed by atoms with E-state index < -0.39 is 0 Å². The van der Waals surface area contributed by atoms with E-state index in [2.05, 4.69) is 29.2 Å². The summed E-state index contributed by atoms with van der Waals surface area (Å²) in [5, 5.41) is 0. The number of ether oxygens (including phenoxy) is 1. The number of methoxy groups -OCH3 is 1. The molecule has 0 aliphatic carbocycles. The second-order valence-electron chi connectivity index (χ2n) is 7.04. The molecular weight excluding hydrogens is 365 g/mol. The van der Waals surface area contributed by atoms with Crippen molar-refractivity contribution in [1.29, 1.82) is 0 Å². The number of nitrogens with zero attached hydrogens (tertiary/aromatic N) is 1. The van der Waals surface area contributed by atoms with Crippen LogP contribution in [0.15, 0.2) is 84.9 Å². The third-order valence-corrected chi connectivity index (χ3v) is 5.04. The average Bonchev–Trinajstić information content (AvgIpc) is 2.77. The van der Waals surface area contributed by atoms with E-state index in [1.54, 1.807) is 12.1 Å². The van der Waals surface area contributed by atoms with Gasteiger partial charge >= 0.3 is 5.97 Å². The zero-order valence-corrected chi connectivity index (χ0v) is 16.6. The highest BCUT2D eigenvalue weighted by Gasteiger charge is 2.24. The van der Waals surface area contributed by atoms with Gasteiger partial charge in [-0.25, -0.2) is 4.39 Å². The maximum atomic E-state index is 13.5. The summed E-state index contributed by atoms with van der Waals surface area (Å²) in [5.41, 5.74) is 3.31. The Morgan fingerprint density at radius 3 is 2.07 bits per heavy atom. The number of carbonyl (C=O) groups excluding carboxylic acids is 1. The van der Waals surface area contributed by atoms with E-state index in [1.807, 2.05) is 36.4 Å². The third kappa shape index (κ3) is 6.26. The molecule has 3 aromatic carbocycles. The second-order valence-corrected chi connectivity index (χ2v) is 7.04. The molecule has 1 atom stereocenters. The first-order valence-corrected chi connectivity index (χ1v) is 9.80. The number of hydrogen-bond donors (Lipinski definition) is 0. The van der Waals surface area contributed by atoms with Crippen molar-refractivity contribution in [2.45, 2.75) is 25.4 Å². The maximum Gasteiger partial charge on any atom is 0.307 e. The van der Waals surface area contributed by atoms with Crippen LogP contribution in [0.1, 0.15) is 29.2 Å². The Balaban J connectivity index is 1.89. The molecule has 3 nitrogen and oxygen atoms in total. The summed E-state index contributed by atoms with van der Waals surface area (Å²) in [5.74, 6) is -0.568. The molecule has 0 aromatic heterocycles. The lowest BCUT2D eigenvalue weighted by Gasteiger charge is -2.32. The molecule has 0 saturated carbocycles. The summed E-state index contributed by atoms with van der Waals surface area (Å²) in [6.45, 7) is 1.45. The monoisotopic (exact) mass is 391 g/mol. The van der Waals surface area contributed by atoms with E-state index in [4.69, 9.17) is 4.74 Å². The van der Waals surface area contributed by atoms with Gasteiger partial charge in [0.05, 0.1) is 13.5 Å². The third-order valence-electron chi connectivity index (χ3n) is 5.04. The average molecular weight is 391 g/mol. The Hall–Kier alpha value is -2.98. The molecule has 0 spiro atoms. The fourth-order valence-corrected chi connectivity index (χ4v) is 3.46. The van der Waals surface area contributed by atoms with Crippen LogP contribution in [0.5, 0.6) is 0 Å². The van der Waals surface area contributed by atoms with Crippen LogP contribution in [0, 0.1) is 5.82 Å². The highest BCUT2D eigenvalue weighted by Crippen LogP contribution is 2.27. The Morgan fingerprint density at radius 2 is 1.48 bits per heavy atom. The van der Waals surface area contributed by atoms with Gasteiger partial charge in [-0.15, -0.1) is 0 Å². The summed E-state index contributed by atoms with van der Waals surface area (Å²) in [7, 11) is 1.40. The fourth-order valence-electron chi connectivity index (χ4n) is 3.46. The SMILES string of the molecule is COC(=O)CC(c1ccc(F)cc1)N(CCc1ccccc1)Cc1ccccc1. The number of hydrogen-bond acceptors (Lipinski definition) is 3. The van der Waals surface area contributed by atoms with Crippen molar-refractivity contribution in [1.82, 2.24) is 4.90 Å². The molecule has 0 aliphatic heterocycles. The summed E-state index contributed by atoms with van der Waals surface area (Å²) in [4.78, 5) is 14.4. The van der Waals surface area contributed by atoms with Crippen LogP contribution in [0.2, 0.25) is 0 Å². The quantitative estimate of drug-likeness (QED) is 0.471. The van der Waals surface area contributed by atoms with Crippen molar-refractivity contribution in [3.63, 3.8) is 0 Å². The maximum absolute atomic E-state index is 13.5. The molecule has 0 bridgehead atoms. The number of halogens is 1. The Bertz CT molecular complexity index is 882. The van der Waals surface area contributed by atoms with Gasteiger partial charge in [0.2, 0.25) is 0 Å². The number of benzene rings is 3. The van der Waals surface area contributed by atoms with Crippen molar-refractivity contribution in [2.75, 3.05) is 13.7 Å². The highest BCUT2D eigenvalue weighted by atomic mass is 19.1.